The van der Waals surface area contributed by atoms with Crippen molar-refractivity contribution in [1.82, 2.24) is 0 Å². The van der Waals surface area contributed by atoms with E-state index >= 15 is 0 Å². The zero-order valence-electron chi connectivity index (χ0n) is 9.89. The van der Waals surface area contributed by atoms with E-state index in [1.807, 2.05) is 0 Å². The summed E-state index contributed by atoms with van der Waals surface area (Å²) in [5, 5.41) is 44.8. The molecular weight excluding hydrogens is 248 g/mol. The van der Waals surface area contributed by atoms with Crippen molar-refractivity contribution in [1.29, 1.82) is 0 Å². The molecule has 0 aromatic rings. The van der Waals surface area contributed by atoms with Crippen LogP contribution < -0.4 is 0 Å². The van der Waals surface area contributed by atoms with Crippen molar-refractivity contribution in [2.45, 2.75) is 37.8 Å². The molecule has 0 aliphatic carbocycles. The highest BCUT2D eigenvalue weighted by Gasteiger charge is 2.30. The fraction of sp³-hybridized carbons (Fsp3) is 0.800. The summed E-state index contributed by atoms with van der Waals surface area (Å²) in [6.07, 6.45) is -6.72. The van der Waals surface area contributed by atoms with E-state index < -0.39 is 49.4 Å². The average Bonchev–Trinajstić information content (AvgIpc) is 2.32. The number of aliphatic hydroxyl groups is 5. The molecule has 18 heavy (non-hydrogen) atoms. The summed E-state index contributed by atoms with van der Waals surface area (Å²) in [4.78, 5) is 22.2. The Labute approximate surface area is 103 Å². The monoisotopic (exact) mass is 266 g/mol. The molecule has 1 unspecified atom stereocenters. The van der Waals surface area contributed by atoms with Crippen LogP contribution in [-0.4, -0.2) is 74.9 Å². The Morgan fingerprint density at radius 2 is 1.72 bits per heavy atom. The highest BCUT2D eigenvalue weighted by atomic mass is 16.5. The van der Waals surface area contributed by atoms with Gasteiger partial charge >= 0.3 is 5.97 Å². The van der Waals surface area contributed by atoms with E-state index in [-0.39, 0.29) is 6.42 Å². The molecule has 0 rings (SSSR count). The van der Waals surface area contributed by atoms with Gasteiger partial charge in [0, 0.05) is 0 Å². The van der Waals surface area contributed by atoms with Crippen molar-refractivity contribution in [2.24, 2.45) is 0 Å². The Bertz CT molecular complexity index is 277. The van der Waals surface area contributed by atoms with E-state index in [0.717, 1.165) is 0 Å². The summed E-state index contributed by atoms with van der Waals surface area (Å²) < 4.78 is 4.44. The number of Topliss-reactive ketones (excluding diaryl/α,β-unsaturated/α-hetero) is 1. The molecule has 5 N–H and O–H groups in total. The number of carbonyl (C=O) groups excluding carboxylic acids is 2. The first-order chi connectivity index (χ1) is 8.29. The van der Waals surface area contributed by atoms with Gasteiger partial charge in [-0.25, -0.2) is 0 Å². The van der Waals surface area contributed by atoms with E-state index in [1.54, 1.807) is 0 Å². The molecule has 106 valence electrons. The number of carbonyl (C=O) groups is 2. The van der Waals surface area contributed by atoms with Gasteiger partial charge in [0.25, 0.3) is 0 Å². The zero-order chi connectivity index (χ0) is 14.3. The minimum atomic E-state index is -1.97. The lowest BCUT2D eigenvalue weighted by Gasteiger charge is -2.20. The van der Waals surface area contributed by atoms with Crippen LogP contribution >= 0.6 is 0 Å². The molecule has 8 heteroatoms. The quantitative estimate of drug-likeness (QED) is 0.291. The van der Waals surface area contributed by atoms with Gasteiger partial charge in [0.15, 0.2) is 6.61 Å². The molecule has 0 heterocycles. The van der Waals surface area contributed by atoms with Crippen LogP contribution in [0.15, 0.2) is 0 Å². The molecule has 0 aliphatic rings. The second-order valence-electron chi connectivity index (χ2n) is 3.87. The maximum Gasteiger partial charge on any atom is 0.308 e. The van der Waals surface area contributed by atoms with Crippen LogP contribution in [0.1, 0.15) is 13.3 Å². The molecule has 8 nitrogen and oxygen atoms in total. The first-order valence-corrected chi connectivity index (χ1v) is 5.31. The normalized spacial score (nSPS) is 17.7. The lowest BCUT2D eigenvalue weighted by molar-refractivity contribution is -0.156. The Kier molecular flexibility index (Phi) is 7.64. The fourth-order valence-corrected chi connectivity index (χ4v) is 1.05. The third-order valence-corrected chi connectivity index (χ3v) is 2.07. The maximum absolute atomic E-state index is 11.3. The van der Waals surface area contributed by atoms with Crippen molar-refractivity contribution in [3.63, 3.8) is 0 Å². The number of aliphatic hydroxyl groups excluding tert-OH is 5. The van der Waals surface area contributed by atoms with Crippen LogP contribution in [0.5, 0.6) is 0 Å². The average molecular weight is 266 g/mol. The third kappa shape index (κ3) is 6.03. The molecule has 0 fully saturated rings. The van der Waals surface area contributed by atoms with Crippen LogP contribution in [-0.2, 0) is 14.3 Å². The maximum atomic E-state index is 11.3. The summed E-state index contributed by atoms with van der Waals surface area (Å²) in [5.74, 6) is -1.85. The Hall–Kier alpha value is -1.06. The molecule has 0 bridgehead atoms. The first-order valence-electron chi connectivity index (χ1n) is 5.31. The Morgan fingerprint density at radius 1 is 1.17 bits per heavy atom. The number of ether oxygens (including phenoxy) is 1. The highest BCUT2D eigenvalue weighted by molar-refractivity contribution is 5.86. The largest absolute Gasteiger partial charge is 0.457 e. The van der Waals surface area contributed by atoms with E-state index in [0.29, 0.717) is 0 Å². The SMILES string of the molecule is CC(O)CC(=O)OCC(=O)[C@@H](O)[C@H](O)[C@H](O)CO. The second-order valence-corrected chi connectivity index (χ2v) is 3.87. The van der Waals surface area contributed by atoms with Gasteiger partial charge in [0.05, 0.1) is 19.1 Å². The standard InChI is InChI=1S/C10H18O8/c1-5(12)2-8(15)18-4-7(14)10(17)9(16)6(13)3-11/h5-6,9-13,16-17H,2-4H2,1H3/t5?,6-,9-,10-/m1/s1. The van der Waals surface area contributed by atoms with Crippen molar-refractivity contribution in [3.05, 3.63) is 0 Å². The molecule has 0 saturated carbocycles. The molecule has 0 spiro atoms. The molecule has 0 aromatic heterocycles. The molecular formula is C10H18O8. The summed E-state index contributed by atoms with van der Waals surface area (Å²) in [6.45, 7) is -0.255. The Balaban J connectivity index is 4.13. The minimum Gasteiger partial charge on any atom is -0.457 e. The Morgan fingerprint density at radius 3 is 2.17 bits per heavy atom. The van der Waals surface area contributed by atoms with Gasteiger partial charge in [-0.2, -0.15) is 0 Å². The van der Waals surface area contributed by atoms with Crippen molar-refractivity contribution >= 4 is 11.8 Å². The summed E-state index contributed by atoms with van der Waals surface area (Å²) >= 11 is 0. The fourth-order valence-electron chi connectivity index (χ4n) is 1.05. The topological polar surface area (TPSA) is 145 Å². The summed E-state index contributed by atoms with van der Waals surface area (Å²) in [7, 11) is 0. The van der Waals surface area contributed by atoms with Crippen molar-refractivity contribution in [3.8, 4) is 0 Å². The van der Waals surface area contributed by atoms with Gasteiger partial charge in [-0.05, 0) is 6.92 Å². The van der Waals surface area contributed by atoms with E-state index in [1.165, 1.54) is 6.92 Å². The highest BCUT2D eigenvalue weighted by Crippen LogP contribution is 2.02. The predicted octanol–water partition coefficient (Wildman–Crippen LogP) is -3.06. The van der Waals surface area contributed by atoms with Gasteiger partial charge in [0.1, 0.15) is 18.3 Å². The van der Waals surface area contributed by atoms with Gasteiger partial charge in [0.2, 0.25) is 5.78 Å². The number of rotatable bonds is 8. The molecule has 0 aliphatic heterocycles. The van der Waals surface area contributed by atoms with Crippen LogP contribution in [0.25, 0.3) is 0 Å². The molecule has 0 amide bonds. The van der Waals surface area contributed by atoms with Gasteiger partial charge in [-0.3, -0.25) is 9.59 Å². The van der Waals surface area contributed by atoms with Crippen LogP contribution in [0, 0.1) is 0 Å². The summed E-state index contributed by atoms with van der Waals surface area (Å²) in [6, 6.07) is 0. The zero-order valence-corrected chi connectivity index (χ0v) is 9.89. The molecule has 0 saturated heterocycles. The lowest BCUT2D eigenvalue weighted by Crippen LogP contribution is -2.45. The van der Waals surface area contributed by atoms with E-state index in [9.17, 15) is 19.8 Å². The number of hydrogen-bond donors (Lipinski definition) is 5. The van der Waals surface area contributed by atoms with Gasteiger partial charge in [-0.15, -0.1) is 0 Å². The van der Waals surface area contributed by atoms with Crippen molar-refractivity contribution < 1.29 is 39.9 Å². The van der Waals surface area contributed by atoms with E-state index in [4.69, 9.17) is 15.3 Å². The first kappa shape index (κ1) is 16.9. The number of hydrogen-bond acceptors (Lipinski definition) is 8. The molecule has 0 aromatic carbocycles. The molecule has 4 atom stereocenters. The van der Waals surface area contributed by atoms with Gasteiger partial charge < -0.3 is 30.3 Å². The van der Waals surface area contributed by atoms with E-state index in [2.05, 4.69) is 4.74 Å². The predicted molar refractivity (Wildman–Crippen MR) is 57.4 cm³/mol. The number of esters is 1. The minimum absolute atomic E-state index is 0.300. The lowest BCUT2D eigenvalue weighted by atomic mass is 10.1. The van der Waals surface area contributed by atoms with Crippen molar-refractivity contribution in [2.75, 3.05) is 13.2 Å². The smallest absolute Gasteiger partial charge is 0.308 e. The van der Waals surface area contributed by atoms with Crippen LogP contribution in [0.4, 0.5) is 0 Å². The number of ketones is 1. The van der Waals surface area contributed by atoms with Gasteiger partial charge in [-0.1, -0.05) is 0 Å². The second kappa shape index (κ2) is 8.11. The summed E-state index contributed by atoms with van der Waals surface area (Å²) in [5.41, 5.74) is 0. The third-order valence-electron chi connectivity index (χ3n) is 2.07. The van der Waals surface area contributed by atoms with Crippen LogP contribution in [0.2, 0.25) is 0 Å². The molecule has 0 radical (unpaired) electrons. The van der Waals surface area contributed by atoms with Crippen LogP contribution in [0.3, 0.4) is 0 Å².